The average molecular weight is 317 g/mol. The zero-order chi connectivity index (χ0) is 16.0. The number of hydrogen-bond acceptors (Lipinski definition) is 9. The van der Waals surface area contributed by atoms with Gasteiger partial charge in [0.2, 0.25) is 0 Å². The van der Waals surface area contributed by atoms with Crippen molar-refractivity contribution >= 4 is 35.3 Å². The van der Waals surface area contributed by atoms with E-state index >= 15 is 0 Å². The number of carbonyl (C=O) groups is 3. The molecule has 0 bridgehead atoms. The first-order chi connectivity index (χ1) is 9.85. The molecule has 0 unspecified atom stereocenters. The van der Waals surface area contributed by atoms with Crippen LogP contribution in [-0.4, -0.2) is 54.2 Å². The molecule has 4 atom stereocenters. The summed E-state index contributed by atoms with van der Waals surface area (Å²) < 4.78 is 20.5. The minimum Gasteiger partial charge on any atom is -0.456 e. The van der Waals surface area contributed by atoms with E-state index in [0.29, 0.717) is 0 Å². The summed E-state index contributed by atoms with van der Waals surface area (Å²) in [6.07, 6.45) is -4.02. The Morgan fingerprint density at radius 2 is 1.57 bits per heavy atom. The van der Waals surface area contributed by atoms with Crippen molar-refractivity contribution in [3.63, 3.8) is 0 Å². The number of rotatable bonds is 4. The van der Waals surface area contributed by atoms with Crippen LogP contribution in [-0.2, 0) is 33.3 Å². The van der Waals surface area contributed by atoms with Crippen LogP contribution in [0.3, 0.4) is 0 Å². The molecule has 0 aromatic carbocycles. The van der Waals surface area contributed by atoms with Crippen molar-refractivity contribution < 1.29 is 33.3 Å². The molecular weight excluding hydrogens is 302 g/mol. The molecule has 0 spiro atoms. The molecule has 0 amide bonds. The van der Waals surface area contributed by atoms with Crippen LogP contribution in [0.2, 0.25) is 0 Å². The number of isothiocyanates is 1. The SMILES string of the molecule is CC(=O)O[C@@H]1[C@H](OC(C)=O)[C@@H](N=C=S)OC[C@@H]1OC(C)=O. The molecule has 9 heteroatoms. The van der Waals surface area contributed by atoms with Crippen molar-refractivity contribution in [1.29, 1.82) is 0 Å². The summed E-state index contributed by atoms with van der Waals surface area (Å²) in [5.41, 5.74) is 0. The van der Waals surface area contributed by atoms with Gasteiger partial charge in [-0.1, -0.05) is 0 Å². The van der Waals surface area contributed by atoms with Crippen LogP contribution in [0.15, 0.2) is 4.99 Å². The smallest absolute Gasteiger partial charge is 0.303 e. The number of ether oxygens (including phenoxy) is 4. The Balaban J connectivity index is 3.05. The molecule has 1 saturated heterocycles. The Morgan fingerprint density at radius 3 is 2.05 bits per heavy atom. The van der Waals surface area contributed by atoms with Crippen LogP contribution in [0, 0.1) is 0 Å². The third-order valence-corrected chi connectivity index (χ3v) is 2.61. The number of nitrogens with zero attached hydrogens (tertiary/aromatic N) is 1. The Hall–Kier alpha value is -1.83. The Bertz CT molecular complexity index is 474. The fourth-order valence-corrected chi connectivity index (χ4v) is 1.99. The molecule has 116 valence electrons. The lowest BCUT2D eigenvalue weighted by Gasteiger charge is -2.38. The van der Waals surface area contributed by atoms with Gasteiger partial charge in [0.05, 0.1) is 11.8 Å². The summed E-state index contributed by atoms with van der Waals surface area (Å²) in [4.78, 5) is 37.3. The second-order valence-electron chi connectivity index (χ2n) is 4.24. The van der Waals surface area contributed by atoms with E-state index in [9.17, 15) is 14.4 Å². The highest BCUT2D eigenvalue weighted by Crippen LogP contribution is 2.24. The second kappa shape index (κ2) is 7.82. The van der Waals surface area contributed by atoms with Crippen LogP contribution in [0.5, 0.6) is 0 Å². The van der Waals surface area contributed by atoms with Crippen molar-refractivity contribution in [2.24, 2.45) is 4.99 Å². The summed E-state index contributed by atoms with van der Waals surface area (Å²) in [5, 5.41) is 2.11. The maximum absolute atomic E-state index is 11.2. The van der Waals surface area contributed by atoms with Gasteiger partial charge in [-0.05, 0) is 12.2 Å². The molecule has 21 heavy (non-hydrogen) atoms. The first kappa shape index (κ1) is 17.2. The van der Waals surface area contributed by atoms with Gasteiger partial charge in [0.25, 0.3) is 0 Å². The molecule has 1 rings (SSSR count). The van der Waals surface area contributed by atoms with Gasteiger partial charge in [-0.2, -0.15) is 4.99 Å². The highest BCUT2D eigenvalue weighted by Gasteiger charge is 2.46. The molecule has 0 radical (unpaired) electrons. The lowest BCUT2D eigenvalue weighted by Crippen LogP contribution is -2.56. The molecule has 0 N–H and O–H groups in total. The van der Waals surface area contributed by atoms with E-state index in [-0.39, 0.29) is 6.61 Å². The van der Waals surface area contributed by atoms with Gasteiger partial charge in [0.15, 0.2) is 24.5 Å². The zero-order valence-electron chi connectivity index (χ0n) is 11.7. The van der Waals surface area contributed by atoms with Gasteiger partial charge in [-0.3, -0.25) is 14.4 Å². The quantitative estimate of drug-likeness (QED) is 0.314. The summed E-state index contributed by atoms with van der Waals surface area (Å²) >= 11 is 4.49. The minimum atomic E-state index is -1.08. The molecule has 0 aromatic rings. The first-order valence-corrected chi connectivity index (χ1v) is 6.46. The molecule has 0 aliphatic carbocycles. The van der Waals surface area contributed by atoms with Crippen LogP contribution in [0.4, 0.5) is 0 Å². The third kappa shape index (κ3) is 5.22. The van der Waals surface area contributed by atoms with Gasteiger partial charge in [-0.25, -0.2) is 0 Å². The maximum atomic E-state index is 11.2. The lowest BCUT2D eigenvalue weighted by molar-refractivity contribution is -0.224. The van der Waals surface area contributed by atoms with Crippen LogP contribution < -0.4 is 0 Å². The lowest BCUT2D eigenvalue weighted by atomic mass is 10.0. The summed E-state index contributed by atoms with van der Waals surface area (Å²) in [5.74, 6) is -1.84. The first-order valence-electron chi connectivity index (χ1n) is 6.05. The van der Waals surface area contributed by atoms with E-state index in [4.69, 9.17) is 18.9 Å². The largest absolute Gasteiger partial charge is 0.456 e. The zero-order valence-corrected chi connectivity index (χ0v) is 12.5. The van der Waals surface area contributed by atoms with Crippen molar-refractivity contribution in [2.75, 3.05) is 6.61 Å². The van der Waals surface area contributed by atoms with Crippen LogP contribution >= 0.6 is 12.2 Å². The third-order valence-electron chi connectivity index (χ3n) is 2.50. The standard InChI is InChI=1S/C12H15NO7S/c1-6(14)18-9-4-17-12(13-5-21)11(20-8(3)16)10(9)19-7(2)15/h9-12H,4H2,1-3H3/t9-,10-,11-,12-/m0/s1. The van der Waals surface area contributed by atoms with Crippen LogP contribution in [0.25, 0.3) is 0 Å². The van der Waals surface area contributed by atoms with E-state index < -0.39 is 42.4 Å². The number of esters is 3. The number of carbonyl (C=O) groups excluding carboxylic acids is 3. The predicted octanol–water partition coefficient (Wildman–Crippen LogP) is 0.241. The van der Waals surface area contributed by atoms with E-state index in [1.807, 2.05) is 0 Å². The fraction of sp³-hybridized carbons (Fsp3) is 0.667. The van der Waals surface area contributed by atoms with Crippen molar-refractivity contribution in [3.05, 3.63) is 0 Å². The molecule has 1 fully saturated rings. The van der Waals surface area contributed by atoms with Gasteiger partial charge in [-0.15, -0.1) is 0 Å². The Kier molecular flexibility index (Phi) is 6.41. The van der Waals surface area contributed by atoms with E-state index in [2.05, 4.69) is 22.4 Å². The van der Waals surface area contributed by atoms with Crippen LogP contribution in [0.1, 0.15) is 20.8 Å². The topological polar surface area (TPSA) is 100 Å². The molecule has 0 aromatic heterocycles. The summed E-state index contributed by atoms with van der Waals surface area (Å²) in [6.45, 7) is 3.48. The monoisotopic (exact) mass is 317 g/mol. The van der Waals surface area contributed by atoms with Gasteiger partial charge < -0.3 is 18.9 Å². The summed E-state index contributed by atoms with van der Waals surface area (Å²) in [6, 6.07) is 0. The van der Waals surface area contributed by atoms with Gasteiger partial charge in [0, 0.05) is 20.8 Å². The molecule has 1 heterocycles. The van der Waals surface area contributed by atoms with E-state index in [1.165, 1.54) is 20.8 Å². The van der Waals surface area contributed by atoms with Crippen molar-refractivity contribution in [1.82, 2.24) is 0 Å². The Morgan fingerprint density at radius 1 is 1.05 bits per heavy atom. The second-order valence-corrected chi connectivity index (χ2v) is 4.42. The summed E-state index contributed by atoms with van der Waals surface area (Å²) in [7, 11) is 0. The van der Waals surface area contributed by atoms with E-state index in [0.717, 1.165) is 0 Å². The number of thiocarbonyl (C=S) groups is 1. The molecule has 1 aliphatic heterocycles. The van der Waals surface area contributed by atoms with E-state index in [1.54, 1.807) is 0 Å². The molecule has 8 nitrogen and oxygen atoms in total. The highest BCUT2D eigenvalue weighted by atomic mass is 32.1. The number of hydrogen-bond donors (Lipinski definition) is 0. The number of aliphatic imine (C=N–C) groups is 1. The Labute approximate surface area is 126 Å². The average Bonchev–Trinajstić information content (AvgIpc) is 2.35. The normalized spacial score (nSPS) is 28.0. The maximum Gasteiger partial charge on any atom is 0.303 e. The predicted molar refractivity (Wildman–Crippen MR) is 71.4 cm³/mol. The van der Waals surface area contributed by atoms with Crippen molar-refractivity contribution in [2.45, 2.75) is 45.3 Å². The molecule has 0 saturated carbocycles. The molecule has 1 aliphatic rings. The highest BCUT2D eigenvalue weighted by molar-refractivity contribution is 7.78. The fourth-order valence-electron chi connectivity index (χ4n) is 1.89. The van der Waals surface area contributed by atoms with Crippen molar-refractivity contribution in [3.8, 4) is 0 Å². The molecular formula is C12H15NO7S. The van der Waals surface area contributed by atoms with Gasteiger partial charge in [0.1, 0.15) is 0 Å². The minimum absolute atomic E-state index is 0.0829. The van der Waals surface area contributed by atoms with Gasteiger partial charge >= 0.3 is 17.9 Å².